The molecule has 34 heavy (non-hydrogen) atoms. The number of sulfonamides is 1. The van der Waals surface area contributed by atoms with Crippen LogP contribution in [0.2, 0.25) is 0 Å². The summed E-state index contributed by atoms with van der Waals surface area (Å²) in [7, 11) is -2.02. The van der Waals surface area contributed by atoms with Gasteiger partial charge in [0.25, 0.3) is 0 Å². The Hall–Kier alpha value is -3.04. The minimum atomic E-state index is -3.73. The Morgan fingerprint density at radius 1 is 1.21 bits per heavy atom. The fraction of sp³-hybridized carbons (Fsp3) is 0.360. The summed E-state index contributed by atoms with van der Waals surface area (Å²) in [6.07, 6.45) is 2.53. The van der Waals surface area contributed by atoms with Gasteiger partial charge in [0.05, 0.1) is 10.6 Å². The molecule has 1 aliphatic rings. The molecule has 4 rings (SSSR count). The largest absolute Gasteiger partial charge is 0.344 e. The van der Waals surface area contributed by atoms with Crippen molar-refractivity contribution in [2.75, 3.05) is 20.1 Å². The van der Waals surface area contributed by atoms with Gasteiger partial charge in [-0.2, -0.15) is 9.40 Å². The number of carbonyl (C=O) groups excluding carboxylic acids is 1. The van der Waals surface area contributed by atoms with Crippen LogP contribution in [0.5, 0.6) is 0 Å². The smallest absolute Gasteiger partial charge is 0.243 e. The number of aryl methyl sites for hydroxylation is 2. The van der Waals surface area contributed by atoms with Crippen LogP contribution in [-0.2, 0) is 21.2 Å². The summed E-state index contributed by atoms with van der Waals surface area (Å²) in [5, 5.41) is 7.22. The van der Waals surface area contributed by atoms with E-state index in [1.54, 1.807) is 48.3 Å². The molecule has 2 heterocycles. The summed E-state index contributed by atoms with van der Waals surface area (Å²) in [5.74, 6) is -0.495. The maximum absolute atomic E-state index is 13.5. The number of hydrogen-bond acceptors (Lipinski definition) is 4. The maximum Gasteiger partial charge on any atom is 0.243 e. The first-order chi connectivity index (χ1) is 16.3. The van der Waals surface area contributed by atoms with Crippen LogP contribution in [0.1, 0.15) is 30.5 Å². The van der Waals surface area contributed by atoms with E-state index in [-0.39, 0.29) is 16.6 Å². The summed E-state index contributed by atoms with van der Waals surface area (Å²) in [5.41, 5.74) is 3.24. The lowest BCUT2D eigenvalue weighted by Crippen LogP contribution is -2.46. The van der Waals surface area contributed by atoms with Crippen molar-refractivity contribution in [1.29, 1.82) is 0 Å². The van der Waals surface area contributed by atoms with E-state index in [4.69, 9.17) is 0 Å². The van der Waals surface area contributed by atoms with Crippen LogP contribution in [0.25, 0.3) is 11.3 Å². The van der Waals surface area contributed by atoms with Gasteiger partial charge in [-0.15, -0.1) is 0 Å². The number of nitrogens with one attached hydrogen (secondary N) is 1. The number of H-pyrrole nitrogens is 1. The van der Waals surface area contributed by atoms with Crippen molar-refractivity contribution in [3.05, 3.63) is 71.7 Å². The molecule has 0 radical (unpaired) electrons. The maximum atomic E-state index is 13.5. The highest BCUT2D eigenvalue weighted by atomic mass is 32.2. The van der Waals surface area contributed by atoms with Crippen molar-refractivity contribution in [2.45, 2.75) is 43.5 Å². The zero-order valence-electron chi connectivity index (χ0n) is 19.4. The minimum absolute atomic E-state index is 0.182. The summed E-state index contributed by atoms with van der Waals surface area (Å²) >= 11 is 0. The number of aromatic amines is 1. The number of aromatic nitrogens is 2. The number of halogens is 1. The van der Waals surface area contributed by atoms with Crippen LogP contribution in [0.3, 0.4) is 0 Å². The molecule has 0 saturated carbocycles. The molecule has 1 amide bonds. The van der Waals surface area contributed by atoms with Crippen LogP contribution >= 0.6 is 0 Å². The zero-order valence-corrected chi connectivity index (χ0v) is 20.2. The third kappa shape index (κ3) is 5.20. The van der Waals surface area contributed by atoms with Crippen molar-refractivity contribution in [2.24, 2.45) is 0 Å². The molecule has 0 aliphatic carbocycles. The molecule has 1 aliphatic heterocycles. The Morgan fingerprint density at radius 3 is 2.71 bits per heavy atom. The van der Waals surface area contributed by atoms with Gasteiger partial charge in [0.15, 0.2) is 0 Å². The molecular weight excluding hydrogens is 455 g/mol. The summed E-state index contributed by atoms with van der Waals surface area (Å²) in [6, 6.07) is 14.2. The summed E-state index contributed by atoms with van der Waals surface area (Å²) in [4.78, 5) is 14.9. The molecule has 9 heteroatoms. The molecule has 0 unspecified atom stereocenters. The van der Waals surface area contributed by atoms with E-state index in [0.29, 0.717) is 50.0 Å². The first-order valence-electron chi connectivity index (χ1n) is 11.4. The number of rotatable bonds is 8. The Balaban J connectivity index is 1.35. The Bertz CT molecular complexity index is 1260. The molecule has 3 aromatic rings. The predicted molar refractivity (Wildman–Crippen MR) is 128 cm³/mol. The number of carbonyl (C=O) groups is 1. The number of benzene rings is 2. The van der Waals surface area contributed by atoms with Gasteiger partial charge in [0.2, 0.25) is 15.9 Å². The van der Waals surface area contributed by atoms with Crippen LogP contribution in [-0.4, -0.2) is 59.9 Å². The third-order valence-corrected chi connectivity index (χ3v) is 8.11. The Kier molecular flexibility index (Phi) is 7.13. The first-order valence-corrected chi connectivity index (χ1v) is 12.8. The fourth-order valence-corrected chi connectivity index (χ4v) is 5.93. The lowest BCUT2D eigenvalue weighted by atomic mass is 10.1. The Morgan fingerprint density at radius 2 is 1.97 bits per heavy atom. The van der Waals surface area contributed by atoms with Gasteiger partial charge in [-0.05, 0) is 62.9 Å². The van der Waals surface area contributed by atoms with Crippen molar-refractivity contribution < 1.29 is 17.6 Å². The number of likely N-dealkylation sites (N-methyl/N-ethyl adjacent to an activating group) is 1. The molecule has 0 spiro atoms. The van der Waals surface area contributed by atoms with Gasteiger partial charge >= 0.3 is 0 Å². The molecule has 1 N–H and O–H groups in total. The average Bonchev–Trinajstić information content (AvgIpc) is 3.49. The number of nitrogens with zero attached hydrogens (tertiary/aromatic N) is 3. The average molecular weight is 485 g/mol. The highest BCUT2D eigenvalue weighted by Crippen LogP contribution is 2.27. The lowest BCUT2D eigenvalue weighted by molar-refractivity contribution is -0.133. The highest BCUT2D eigenvalue weighted by Gasteiger charge is 2.40. The summed E-state index contributed by atoms with van der Waals surface area (Å²) < 4.78 is 41.1. The Labute approximate surface area is 199 Å². The van der Waals surface area contributed by atoms with E-state index >= 15 is 0 Å². The van der Waals surface area contributed by atoms with E-state index in [2.05, 4.69) is 10.2 Å². The van der Waals surface area contributed by atoms with E-state index in [9.17, 15) is 17.6 Å². The van der Waals surface area contributed by atoms with Crippen molar-refractivity contribution in [1.82, 2.24) is 19.4 Å². The van der Waals surface area contributed by atoms with Gasteiger partial charge in [0.1, 0.15) is 11.9 Å². The monoisotopic (exact) mass is 484 g/mol. The second kappa shape index (κ2) is 10.1. The predicted octanol–water partition coefficient (Wildman–Crippen LogP) is 3.77. The molecular formula is C25H29FN4O3S. The van der Waals surface area contributed by atoms with Gasteiger partial charge < -0.3 is 4.90 Å². The van der Waals surface area contributed by atoms with Crippen LogP contribution < -0.4 is 0 Å². The topological polar surface area (TPSA) is 86.4 Å². The normalized spacial score (nSPS) is 16.6. The molecule has 1 atom stereocenters. The van der Waals surface area contributed by atoms with Crippen LogP contribution in [0.4, 0.5) is 4.39 Å². The van der Waals surface area contributed by atoms with E-state index in [1.165, 1.54) is 16.4 Å². The molecule has 0 bridgehead atoms. The van der Waals surface area contributed by atoms with Gasteiger partial charge in [-0.1, -0.05) is 29.8 Å². The van der Waals surface area contributed by atoms with Gasteiger partial charge in [-0.25, -0.2) is 12.8 Å². The summed E-state index contributed by atoms with van der Waals surface area (Å²) in [6.45, 7) is 2.73. The SMILES string of the molecule is Cc1ccc(S(=O)(=O)N2CCC[C@H]2C(=O)N(C)CCCc2cc(-c3cccc(F)c3)n[nH]2)cc1. The van der Waals surface area contributed by atoms with E-state index < -0.39 is 16.1 Å². The molecule has 180 valence electrons. The van der Waals surface area contributed by atoms with Crippen molar-refractivity contribution >= 4 is 15.9 Å². The fourth-order valence-electron chi connectivity index (χ4n) is 4.28. The van der Waals surface area contributed by atoms with E-state index in [0.717, 1.165) is 11.3 Å². The highest BCUT2D eigenvalue weighted by molar-refractivity contribution is 7.89. The van der Waals surface area contributed by atoms with Crippen molar-refractivity contribution in [3.63, 3.8) is 0 Å². The zero-order chi connectivity index (χ0) is 24.3. The van der Waals surface area contributed by atoms with Crippen molar-refractivity contribution in [3.8, 4) is 11.3 Å². The number of hydrogen-bond donors (Lipinski definition) is 1. The van der Waals surface area contributed by atoms with Crippen LogP contribution in [0.15, 0.2) is 59.5 Å². The van der Waals surface area contributed by atoms with Gasteiger partial charge in [0, 0.05) is 31.4 Å². The molecule has 1 saturated heterocycles. The number of amides is 1. The molecule has 1 fully saturated rings. The quantitative estimate of drug-likeness (QED) is 0.527. The molecule has 7 nitrogen and oxygen atoms in total. The van der Waals surface area contributed by atoms with Gasteiger partial charge in [-0.3, -0.25) is 9.89 Å². The second-order valence-corrected chi connectivity index (χ2v) is 10.6. The van der Waals surface area contributed by atoms with E-state index in [1.807, 2.05) is 13.0 Å². The van der Waals surface area contributed by atoms with Crippen LogP contribution in [0, 0.1) is 12.7 Å². The third-order valence-electron chi connectivity index (χ3n) is 6.18. The minimum Gasteiger partial charge on any atom is -0.344 e. The standard InChI is InChI=1S/C25H29FN4O3S/c1-18-10-12-22(13-11-18)34(32,33)30-15-5-9-24(30)25(31)29(2)14-4-8-21-17-23(28-27-21)19-6-3-7-20(26)16-19/h3,6-7,10-13,16-17,24H,4-5,8-9,14-15H2,1-2H3,(H,27,28)/t24-/m0/s1. The second-order valence-electron chi connectivity index (χ2n) is 8.74. The molecule has 1 aromatic heterocycles. The lowest BCUT2D eigenvalue weighted by Gasteiger charge is -2.27. The first kappa shape index (κ1) is 24.1. The molecule has 2 aromatic carbocycles.